The molecule has 3 heteroatoms. The Balaban J connectivity index is 1.80. The lowest BCUT2D eigenvalue weighted by Gasteiger charge is -2.27. The summed E-state index contributed by atoms with van der Waals surface area (Å²) in [5.74, 6) is 2.56. The summed E-state index contributed by atoms with van der Waals surface area (Å²) in [6.07, 6.45) is 8.41. The summed E-state index contributed by atoms with van der Waals surface area (Å²) >= 11 is 0. The third-order valence-electron chi connectivity index (χ3n) is 3.88. The second kappa shape index (κ2) is 3.97. The Hall–Kier alpha value is -0.830. The molecular weight excluding hydrogens is 188 g/mol. The molecule has 3 rings (SSSR count). The van der Waals surface area contributed by atoms with Gasteiger partial charge in [0, 0.05) is 11.5 Å². The SMILES string of the molecule is c1noc(C2CCNCC2)c1C1CCC1. The maximum Gasteiger partial charge on any atom is 0.143 e. The van der Waals surface area contributed by atoms with Crippen molar-refractivity contribution in [3.8, 4) is 0 Å². The molecule has 0 radical (unpaired) electrons. The van der Waals surface area contributed by atoms with Crippen LogP contribution in [0, 0.1) is 0 Å². The van der Waals surface area contributed by atoms with Gasteiger partial charge in [0.1, 0.15) is 5.76 Å². The van der Waals surface area contributed by atoms with Crippen LogP contribution >= 0.6 is 0 Å². The first kappa shape index (κ1) is 9.40. The van der Waals surface area contributed by atoms with E-state index < -0.39 is 0 Å². The molecule has 2 aliphatic rings. The number of piperidine rings is 1. The van der Waals surface area contributed by atoms with Gasteiger partial charge in [0.2, 0.25) is 0 Å². The van der Waals surface area contributed by atoms with Gasteiger partial charge in [-0.05, 0) is 44.7 Å². The number of nitrogens with one attached hydrogen (secondary N) is 1. The van der Waals surface area contributed by atoms with Crippen molar-refractivity contribution >= 4 is 0 Å². The number of nitrogens with zero attached hydrogens (tertiary/aromatic N) is 1. The molecule has 1 aliphatic heterocycles. The smallest absolute Gasteiger partial charge is 0.143 e. The summed E-state index contributed by atoms with van der Waals surface area (Å²) < 4.78 is 5.48. The summed E-state index contributed by atoms with van der Waals surface area (Å²) in [5.41, 5.74) is 1.41. The van der Waals surface area contributed by atoms with Crippen molar-refractivity contribution in [1.29, 1.82) is 0 Å². The first-order valence-corrected chi connectivity index (χ1v) is 6.10. The van der Waals surface area contributed by atoms with Crippen LogP contribution in [0.5, 0.6) is 0 Å². The summed E-state index contributed by atoms with van der Waals surface area (Å²) in [6.45, 7) is 2.24. The predicted molar refractivity (Wildman–Crippen MR) is 57.9 cm³/mol. The Morgan fingerprint density at radius 2 is 1.93 bits per heavy atom. The molecule has 1 aromatic rings. The molecule has 2 fully saturated rings. The number of hydrogen-bond acceptors (Lipinski definition) is 3. The lowest BCUT2D eigenvalue weighted by Crippen LogP contribution is -2.27. The first-order chi connectivity index (χ1) is 7.45. The molecule has 0 unspecified atom stereocenters. The average Bonchev–Trinajstić information content (AvgIpc) is 2.65. The largest absolute Gasteiger partial charge is 0.361 e. The van der Waals surface area contributed by atoms with Gasteiger partial charge in [-0.25, -0.2) is 0 Å². The maximum atomic E-state index is 5.48. The highest BCUT2D eigenvalue weighted by Gasteiger charge is 2.29. The van der Waals surface area contributed by atoms with Crippen molar-refractivity contribution in [1.82, 2.24) is 10.5 Å². The Labute approximate surface area is 90.2 Å². The molecule has 0 spiro atoms. The van der Waals surface area contributed by atoms with Crippen LogP contribution in [0.2, 0.25) is 0 Å². The van der Waals surface area contributed by atoms with Gasteiger partial charge >= 0.3 is 0 Å². The highest BCUT2D eigenvalue weighted by atomic mass is 16.5. The van der Waals surface area contributed by atoms with E-state index in [0.717, 1.165) is 19.0 Å². The third-order valence-corrected chi connectivity index (χ3v) is 3.88. The van der Waals surface area contributed by atoms with E-state index in [0.29, 0.717) is 5.92 Å². The lowest BCUT2D eigenvalue weighted by molar-refractivity contribution is 0.318. The minimum absolute atomic E-state index is 0.615. The van der Waals surface area contributed by atoms with Crippen LogP contribution in [0.3, 0.4) is 0 Å². The van der Waals surface area contributed by atoms with E-state index in [1.54, 1.807) is 0 Å². The van der Waals surface area contributed by atoms with E-state index >= 15 is 0 Å². The fourth-order valence-electron chi connectivity index (χ4n) is 2.68. The van der Waals surface area contributed by atoms with Gasteiger partial charge < -0.3 is 9.84 Å². The quantitative estimate of drug-likeness (QED) is 0.807. The molecule has 0 amide bonds. The molecule has 0 atom stereocenters. The minimum atomic E-state index is 0.615. The highest BCUT2D eigenvalue weighted by Crippen LogP contribution is 2.41. The predicted octanol–water partition coefficient (Wildman–Crippen LogP) is 2.41. The summed E-state index contributed by atoms with van der Waals surface area (Å²) in [7, 11) is 0. The van der Waals surface area contributed by atoms with Gasteiger partial charge in [-0.1, -0.05) is 11.6 Å². The molecule has 15 heavy (non-hydrogen) atoms. The molecule has 0 bridgehead atoms. The second-order valence-electron chi connectivity index (χ2n) is 4.80. The Bertz CT molecular complexity index is 324. The Morgan fingerprint density at radius 1 is 1.13 bits per heavy atom. The van der Waals surface area contributed by atoms with Gasteiger partial charge in [-0.3, -0.25) is 0 Å². The van der Waals surface area contributed by atoms with E-state index in [-0.39, 0.29) is 0 Å². The normalized spacial score (nSPS) is 24.0. The van der Waals surface area contributed by atoms with Crippen LogP contribution in [0.25, 0.3) is 0 Å². The van der Waals surface area contributed by atoms with Crippen LogP contribution in [-0.4, -0.2) is 18.2 Å². The van der Waals surface area contributed by atoms with Gasteiger partial charge in [0.25, 0.3) is 0 Å². The van der Waals surface area contributed by atoms with Crippen molar-refractivity contribution < 1.29 is 4.52 Å². The minimum Gasteiger partial charge on any atom is -0.361 e. The number of aromatic nitrogens is 1. The highest BCUT2D eigenvalue weighted by molar-refractivity contribution is 5.24. The summed E-state index contributed by atoms with van der Waals surface area (Å²) in [6, 6.07) is 0. The molecule has 2 heterocycles. The van der Waals surface area contributed by atoms with Gasteiger partial charge in [-0.15, -0.1) is 0 Å². The van der Waals surface area contributed by atoms with E-state index in [2.05, 4.69) is 10.5 Å². The monoisotopic (exact) mass is 206 g/mol. The van der Waals surface area contributed by atoms with Crippen molar-refractivity contribution in [2.45, 2.75) is 43.9 Å². The number of hydrogen-bond donors (Lipinski definition) is 1. The first-order valence-electron chi connectivity index (χ1n) is 6.10. The zero-order valence-corrected chi connectivity index (χ0v) is 9.04. The van der Waals surface area contributed by atoms with Gasteiger partial charge in [0.05, 0.1) is 6.20 Å². The standard InChI is InChI=1S/C12H18N2O/c1-2-9(3-1)11-8-14-15-12(11)10-4-6-13-7-5-10/h8-10,13H,1-7H2. The third kappa shape index (κ3) is 1.69. The van der Waals surface area contributed by atoms with Gasteiger partial charge in [0.15, 0.2) is 0 Å². The fraction of sp³-hybridized carbons (Fsp3) is 0.750. The van der Waals surface area contributed by atoms with Crippen LogP contribution in [0.15, 0.2) is 10.7 Å². The van der Waals surface area contributed by atoms with Crippen LogP contribution in [0.1, 0.15) is 55.3 Å². The number of rotatable bonds is 2. The summed E-state index contributed by atoms with van der Waals surface area (Å²) in [5, 5.41) is 7.40. The van der Waals surface area contributed by atoms with E-state index in [9.17, 15) is 0 Å². The molecule has 1 saturated carbocycles. The van der Waals surface area contributed by atoms with Crippen molar-refractivity contribution in [2.75, 3.05) is 13.1 Å². The molecule has 3 nitrogen and oxygen atoms in total. The Morgan fingerprint density at radius 3 is 2.60 bits per heavy atom. The van der Waals surface area contributed by atoms with E-state index in [4.69, 9.17) is 4.52 Å². The Kier molecular flexibility index (Phi) is 2.49. The molecule has 1 aliphatic carbocycles. The van der Waals surface area contributed by atoms with Gasteiger partial charge in [-0.2, -0.15) is 0 Å². The zero-order valence-electron chi connectivity index (χ0n) is 9.04. The molecule has 0 aromatic carbocycles. The molecule has 1 saturated heterocycles. The zero-order chi connectivity index (χ0) is 10.1. The van der Waals surface area contributed by atoms with E-state index in [1.165, 1.54) is 43.4 Å². The van der Waals surface area contributed by atoms with Crippen LogP contribution in [-0.2, 0) is 0 Å². The van der Waals surface area contributed by atoms with Crippen molar-refractivity contribution in [3.63, 3.8) is 0 Å². The maximum absolute atomic E-state index is 5.48. The van der Waals surface area contributed by atoms with Crippen LogP contribution in [0.4, 0.5) is 0 Å². The molecule has 82 valence electrons. The fourth-order valence-corrected chi connectivity index (χ4v) is 2.68. The van der Waals surface area contributed by atoms with Crippen LogP contribution < -0.4 is 5.32 Å². The lowest BCUT2D eigenvalue weighted by atomic mass is 9.78. The second-order valence-corrected chi connectivity index (χ2v) is 4.80. The van der Waals surface area contributed by atoms with E-state index in [1.807, 2.05) is 6.20 Å². The van der Waals surface area contributed by atoms with Crippen molar-refractivity contribution in [3.05, 3.63) is 17.5 Å². The van der Waals surface area contributed by atoms with Crippen molar-refractivity contribution in [2.24, 2.45) is 0 Å². The molecule has 1 N–H and O–H groups in total. The average molecular weight is 206 g/mol. The topological polar surface area (TPSA) is 38.1 Å². The summed E-state index contributed by atoms with van der Waals surface area (Å²) in [4.78, 5) is 0. The molecule has 1 aromatic heterocycles. The molecular formula is C12H18N2O.